The Balaban J connectivity index is 2.64. The predicted molar refractivity (Wildman–Crippen MR) is 71.4 cm³/mol. The first-order valence-electron chi connectivity index (χ1n) is 6.50. The van der Waals surface area contributed by atoms with Crippen molar-refractivity contribution in [1.29, 1.82) is 0 Å². The Bertz CT molecular complexity index is 494. The summed E-state index contributed by atoms with van der Waals surface area (Å²) < 4.78 is 28.4. The molecule has 0 spiro atoms. The third-order valence-corrected chi connectivity index (χ3v) is 2.82. The van der Waals surface area contributed by atoms with E-state index in [-0.39, 0.29) is 17.9 Å². The maximum Gasteiger partial charge on any atom is 0.387 e. The van der Waals surface area contributed by atoms with Crippen molar-refractivity contribution in [2.75, 3.05) is 6.54 Å². The van der Waals surface area contributed by atoms with Crippen molar-refractivity contribution in [2.45, 2.75) is 26.4 Å². The highest BCUT2D eigenvalue weighted by Gasteiger charge is 2.18. The summed E-state index contributed by atoms with van der Waals surface area (Å²) in [4.78, 5) is 22.8. The van der Waals surface area contributed by atoms with Gasteiger partial charge in [0.25, 0.3) is 5.91 Å². The number of carboxylic acid groups (broad SMARTS) is 1. The van der Waals surface area contributed by atoms with Crippen LogP contribution in [0.2, 0.25) is 0 Å². The molecule has 1 aromatic rings. The summed E-state index contributed by atoms with van der Waals surface area (Å²) in [5.74, 6) is -2.30. The normalized spacial score (nSPS) is 12.0. The van der Waals surface area contributed by atoms with Crippen molar-refractivity contribution in [1.82, 2.24) is 5.32 Å². The molecule has 0 aliphatic carbocycles. The molecule has 0 saturated carbocycles. The van der Waals surface area contributed by atoms with Crippen LogP contribution in [0.5, 0.6) is 5.75 Å². The van der Waals surface area contributed by atoms with Crippen LogP contribution < -0.4 is 10.1 Å². The monoisotopic (exact) mass is 301 g/mol. The fraction of sp³-hybridized carbons (Fsp3) is 0.429. The van der Waals surface area contributed by atoms with E-state index in [9.17, 15) is 18.4 Å². The molecule has 1 atom stereocenters. The van der Waals surface area contributed by atoms with Gasteiger partial charge in [-0.1, -0.05) is 19.4 Å². The fourth-order valence-electron chi connectivity index (χ4n) is 1.79. The van der Waals surface area contributed by atoms with Gasteiger partial charge in [-0.15, -0.1) is 0 Å². The van der Waals surface area contributed by atoms with Crippen LogP contribution in [0.25, 0.3) is 0 Å². The van der Waals surface area contributed by atoms with E-state index in [2.05, 4.69) is 10.1 Å². The lowest BCUT2D eigenvalue weighted by molar-refractivity contribution is -0.141. The number of carboxylic acids is 1. The molecule has 21 heavy (non-hydrogen) atoms. The molecule has 5 nitrogen and oxygen atoms in total. The number of rotatable bonds is 8. The van der Waals surface area contributed by atoms with Gasteiger partial charge in [0.2, 0.25) is 0 Å². The van der Waals surface area contributed by atoms with Gasteiger partial charge in [-0.2, -0.15) is 8.78 Å². The lowest BCUT2D eigenvalue weighted by Crippen LogP contribution is -2.32. The highest BCUT2D eigenvalue weighted by atomic mass is 19.3. The Morgan fingerprint density at radius 2 is 2.10 bits per heavy atom. The molecule has 0 saturated heterocycles. The zero-order valence-corrected chi connectivity index (χ0v) is 11.5. The third-order valence-electron chi connectivity index (χ3n) is 2.82. The second kappa shape index (κ2) is 8.18. The first-order chi connectivity index (χ1) is 9.93. The van der Waals surface area contributed by atoms with E-state index in [0.717, 1.165) is 0 Å². The van der Waals surface area contributed by atoms with Gasteiger partial charge in [-0.3, -0.25) is 9.59 Å². The van der Waals surface area contributed by atoms with Gasteiger partial charge in [-0.25, -0.2) is 0 Å². The highest BCUT2D eigenvalue weighted by Crippen LogP contribution is 2.16. The van der Waals surface area contributed by atoms with Crippen molar-refractivity contribution < 1.29 is 28.2 Å². The summed E-state index contributed by atoms with van der Waals surface area (Å²) in [6.07, 6.45) is 1.13. The number of carbonyl (C=O) groups excluding carboxylic acids is 1. The summed E-state index contributed by atoms with van der Waals surface area (Å²) in [6.45, 7) is -1.13. The minimum atomic E-state index is -2.97. The Labute approximate surface area is 120 Å². The molecule has 1 aromatic carbocycles. The van der Waals surface area contributed by atoms with Gasteiger partial charge in [0.05, 0.1) is 5.92 Å². The lowest BCUT2D eigenvalue weighted by atomic mass is 10.0. The summed E-state index contributed by atoms with van der Waals surface area (Å²) in [5, 5.41) is 11.5. The number of ether oxygens (including phenoxy) is 1. The Morgan fingerprint density at radius 1 is 1.38 bits per heavy atom. The van der Waals surface area contributed by atoms with Gasteiger partial charge < -0.3 is 15.2 Å². The molecule has 0 fully saturated rings. The van der Waals surface area contributed by atoms with Gasteiger partial charge in [-0.05, 0) is 24.6 Å². The van der Waals surface area contributed by atoms with Crippen LogP contribution in [0.1, 0.15) is 30.1 Å². The third kappa shape index (κ3) is 5.76. The van der Waals surface area contributed by atoms with Gasteiger partial charge in [0, 0.05) is 12.1 Å². The molecule has 1 unspecified atom stereocenters. The van der Waals surface area contributed by atoms with Crippen LogP contribution in [-0.2, 0) is 4.79 Å². The number of halogens is 2. The molecule has 2 N–H and O–H groups in total. The summed E-state index contributed by atoms with van der Waals surface area (Å²) in [6, 6.07) is 5.33. The van der Waals surface area contributed by atoms with Crippen LogP contribution in [-0.4, -0.2) is 30.1 Å². The molecule has 0 heterocycles. The Morgan fingerprint density at radius 3 is 2.67 bits per heavy atom. The number of benzene rings is 1. The number of carbonyl (C=O) groups is 2. The summed E-state index contributed by atoms with van der Waals surface area (Å²) >= 11 is 0. The zero-order valence-electron chi connectivity index (χ0n) is 11.5. The largest absolute Gasteiger partial charge is 0.481 e. The van der Waals surface area contributed by atoms with E-state index in [1.807, 2.05) is 6.92 Å². The second-order valence-corrected chi connectivity index (χ2v) is 4.44. The van der Waals surface area contributed by atoms with Gasteiger partial charge >= 0.3 is 12.6 Å². The van der Waals surface area contributed by atoms with Crippen molar-refractivity contribution >= 4 is 11.9 Å². The fourth-order valence-corrected chi connectivity index (χ4v) is 1.79. The van der Waals surface area contributed by atoms with E-state index >= 15 is 0 Å². The standard InChI is InChI=1S/C14H17F2NO4/c1-2-4-10(13(19)20)8-17-12(18)9-5-3-6-11(7-9)21-14(15)16/h3,5-7,10,14H,2,4,8H2,1H3,(H,17,18)(H,19,20). The average Bonchev–Trinajstić information content (AvgIpc) is 2.42. The number of nitrogens with one attached hydrogen (secondary N) is 1. The lowest BCUT2D eigenvalue weighted by Gasteiger charge is -2.12. The van der Waals surface area contributed by atoms with Crippen LogP contribution in [0.4, 0.5) is 8.78 Å². The van der Waals surface area contributed by atoms with Crippen LogP contribution in [0.3, 0.4) is 0 Å². The quantitative estimate of drug-likeness (QED) is 0.773. The SMILES string of the molecule is CCCC(CNC(=O)c1cccc(OC(F)F)c1)C(=O)O. The molecular weight excluding hydrogens is 284 g/mol. The average molecular weight is 301 g/mol. The molecular formula is C14H17F2NO4. The van der Waals surface area contributed by atoms with E-state index in [0.29, 0.717) is 12.8 Å². The van der Waals surface area contributed by atoms with Crippen molar-refractivity contribution in [2.24, 2.45) is 5.92 Å². The molecule has 7 heteroatoms. The van der Waals surface area contributed by atoms with Gasteiger partial charge in [0.15, 0.2) is 0 Å². The molecule has 1 rings (SSSR count). The van der Waals surface area contributed by atoms with E-state index in [4.69, 9.17) is 5.11 Å². The molecule has 0 aliphatic heterocycles. The second-order valence-electron chi connectivity index (χ2n) is 4.44. The number of alkyl halides is 2. The molecule has 1 amide bonds. The Hall–Kier alpha value is -2.18. The first-order valence-corrected chi connectivity index (χ1v) is 6.50. The molecule has 0 bridgehead atoms. The first kappa shape index (κ1) is 16.9. The predicted octanol–water partition coefficient (Wildman–Crippen LogP) is 2.52. The van der Waals surface area contributed by atoms with Crippen molar-refractivity contribution in [3.63, 3.8) is 0 Å². The topological polar surface area (TPSA) is 75.6 Å². The maximum absolute atomic E-state index is 12.1. The molecule has 116 valence electrons. The van der Waals surface area contributed by atoms with Gasteiger partial charge in [0.1, 0.15) is 5.75 Å². The molecule has 0 aromatic heterocycles. The highest BCUT2D eigenvalue weighted by molar-refractivity contribution is 5.94. The van der Waals surface area contributed by atoms with E-state index in [1.54, 1.807) is 0 Å². The minimum absolute atomic E-state index is 0.0120. The maximum atomic E-state index is 12.1. The van der Waals surface area contributed by atoms with Crippen LogP contribution in [0, 0.1) is 5.92 Å². The summed E-state index contributed by atoms with van der Waals surface area (Å²) in [5.41, 5.74) is 0.133. The zero-order chi connectivity index (χ0) is 15.8. The van der Waals surface area contributed by atoms with E-state index in [1.165, 1.54) is 24.3 Å². The number of amides is 1. The molecule has 0 aliphatic rings. The Kier molecular flexibility index (Phi) is 6.58. The number of hydrogen-bond acceptors (Lipinski definition) is 3. The number of aliphatic carboxylic acids is 1. The minimum Gasteiger partial charge on any atom is -0.481 e. The molecule has 0 radical (unpaired) electrons. The van der Waals surface area contributed by atoms with Crippen molar-refractivity contribution in [3.8, 4) is 5.75 Å². The number of hydrogen-bond donors (Lipinski definition) is 2. The van der Waals surface area contributed by atoms with Crippen molar-refractivity contribution in [3.05, 3.63) is 29.8 Å². The van der Waals surface area contributed by atoms with Crippen LogP contribution in [0.15, 0.2) is 24.3 Å². The summed E-state index contributed by atoms with van der Waals surface area (Å²) in [7, 11) is 0. The van der Waals surface area contributed by atoms with E-state index < -0.39 is 24.4 Å². The smallest absolute Gasteiger partial charge is 0.387 e. The van der Waals surface area contributed by atoms with Crippen LogP contribution >= 0.6 is 0 Å².